The predicted molar refractivity (Wildman–Crippen MR) is 186 cm³/mol. The number of carbonyl (C=O) groups excluding carboxylic acids is 4. The SMILES string of the molecule is CC(=O)Oc1ccc(C[N+]2(C)[C@@H]3CC[C@H]2CC(OC(=O)CCC(=O)OC2C[C@H]4CC[C@@H](C2)[N+]4(C)Cc2ccc(OC(C)=O)c(Cl)c2)C3)cc1Cl. The molecule has 4 unspecified atom stereocenters. The van der Waals surface area contributed by atoms with Crippen molar-refractivity contribution in [3.8, 4) is 11.5 Å². The minimum absolute atomic E-state index is 0.0153. The zero-order valence-electron chi connectivity index (χ0n) is 29.3. The van der Waals surface area contributed by atoms with Gasteiger partial charge in [-0.2, -0.15) is 0 Å². The van der Waals surface area contributed by atoms with Gasteiger partial charge in [0.2, 0.25) is 0 Å². The van der Waals surface area contributed by atoms with Crippen molar-refractivity contribution in [2.24, 2.45) is 0 Å². The summed E-state index contributed by atoms with van der Waals surface area (Å²) in [5.74, 6) is -0.784. The van der Waals surface area contributed by atoms with Crippen LogP contribution in [0.1, 0.15) is 89.2 Å². The highest BCUT2D eigenvalue weighted by atomic mass is 35.5. The monoisotopic (exact) mass is 730 g/mol. The van der Waals surface area contributed by atoms with Crippen LogP contribution in [0.5, 0.6) is 11.5 Å². The van der Waals surface area contributed by atoms with Crippen molar-refractivity contribution in [1.29, 1.82) is 0 Å². The second-order valence-electron chi connectivity index (χ2n) is 15.2. The molecule has 2 aromatic rings. The van der Waals surface area contributed by atoms with Crippen LogP contribution in [-0.4, -0.2) is 83.3 Å². The number of carbonyl (C=O) groups is 4. The molecule has 10 nitrogen and oxygen atoms in total. The Morgan fingerprint density at radius 2 is 0.960 bits per heavy atom. The zero-order valence-corrected chi connectivity index (χ0v) is 30.8. The number of esters is 4. The van der Waals surface area contributed by atoms with Gasteiger partial charge in [-0.25, -0.2) is 0 Å². The maximum Gasteiger partial charge on any atom is 0.308 e. The second-order valence-corrected chi connectivity index (χ2v) is 16.0. The maximum absolute atomic E-state index is 12.9. The van der Waals surface area contributed by atoms with E-state index in [1.807, 2.05) is 24.3 Å². The minimum Gasteiger partial charge on any atom is -0.462 e. The quantitative estimate of drug-likeness (QED) is 0.143. The van der Waals surface area contributed by atoms with Gasteiger partial charge in [-0.3, -0.25) is 19.2 Å². The van der Waals surface area contributed by atoms with Crippen LogP contribution >= 0.6 is 23.2 Å². The van der Waals surface area contributed by atoms with Gasteiger partial charge >= 0.3 is 23.9 Å². The van der Waals surface area contributed by atoms with E-state index >= 15 is 0 Å². The van der Waals surface area contributed by atoms with Gasteiger partial charge in [0.05, 0.1) is 61.1 Å². The lowest BCUT2D eigenvalue weighted by atomic mass is 9.95. The average Bonchev–Trinajstić information content (AvgIpc) is 3.27. The first kappa shape index (κ1) is 36.6. The standard InChI is InChI=1S/C38H48Cl2N2O8/c1-23(43)47-35-11-5-25(15-33(35)39)21-41(3)27-7-8-28(41)18-31(17-27)49-37(45)13-14-38(46)50-32-19-29-9-10-30(20-32)42(29,4)22-26-6-12-36(34(40)16-26)48-24(2)44/h5-6,11-12,15-16,27-32H,7-10,13-14,17-22H2,1-4H3/q+2/t27-,28+,29-,30+,31?,32?,41?,42?. The Hall–Kier alpha value is -3.18. The van der Waals surface area contributed by atoms with Gasteiger partial charge in [0.25, 0.3) is 0 Å². The molecule has 4 aliphatic heterocycles. The zero-order chi connectivity index (χ0) is 35.8. The second kappa shape index (κ2) is 14.8. The van der Waals surface area contributed by atoms with Crippen LogP contribution < -0.4 is 9.47 Å². The van der Waals surface area contributed by atoms with Crippen LogP contribution in [0.2, 0.25) is 10.0 Å². The molecule has 4 heterocycles. The number of piperidine rings is 2. The molecule has 0 aliphatic carbocycles. The first-order valence-corrected chi connectivity index (χ1v) is 18.5. The lowest BCUT2D eigenvalue weighted by molar-refractivity contribution is -0.961. The molecule has 4 fully saturated rings. The van der Waals surface area contributed by atoms with E-state index in [-0.39, 0.29) is 37.0 Å². The number of rotatable bonds is 11. The summed E-state index contributed by atoms with van der Waals surface area (Å²) in [5, 5.41) is 0.832. The summed E-state index contributed by atoms with van der Waals surface area (Å²) in [5.41, 5.74) is 2.15. The summed E-state index contributed by atoms with van der Waals surface area (Å²) in [7, 11) is 4.53. The molecule has 4 saturated heterocycles. The van der Waals surface area contributed by atoms with Gasteiger partial charge in [-0.1, -0.05) is 23.2 Å². The third-order valence-electron chi connectivity index (χ3n) is 11.8. The van der Waals surface area contributed by atoms with E-state index < -0.39 is 11.9 Å². The first-order valence-electron chi connectivity index (χ1n) is 17.7. The predicted octanol–water partition coefficient (Wildman–Crippen LogP) is 6.69. The lowest BCUT2D eigenvalue weighted by Gasteiger charge is -2.47. The van der Waals surface area contributed by atoms with E-state index in [9.17, 15) is 19.2 Å². The van der Waals surface area contributed by atoms with Crippen molar-refractivity contribution in [2.75, 3.05) is 14.1 Å². The highest BCUT2D eigenvalue weighted by Gasteiger charge is 2.53. The van der Waals surface area contributed by atoms with Crippen molar-refractivity contribution in [2.45, 2.75) is 128 Å². The number of hydrogen-bond acceptors (Lipinski definition) is 8. The molecule has 6 rings (SSSR count). The van der Waals surface area contributed by atoms with Gasteiger partial charge in [-0.15, -0.1) is 0 Å². The number of fused-ring (bicyclic) bond motifs is 4. The van der Waals surface area contributed by atoms with Gasteiger partial charge in [-0.05, 0) is 36.4 Å². The summed E-state index contributed by atoms with van der Waals surface area (Å²) >= 11 is 12.8. The van der Waals surface area contributed by atoms with Crippen LogP contribution in [0.15, 0.2) is 36.4 Å². The van der Waals surface area contributed by atoms with Crippen molar-refractivity contribution in [1.82, 2.24) is 0 Å². The molecular formula is C38H48Cl2N2O8+2. The van der Waals surface area contributed by atoms with Crippen molar-refractivity contribution >= 4 is 47.1 Å². The fourth-order valence-electron chi connectivity index (χ4n) is 9.34. The van der Waals surface area contributed by atoms with Crippen LogP contribution in [-0.2, 0) is 41.7 Å². The van der Waals surface area contributed by atoms with E-state index in [4.69, 9.17) is 42.1 Å². The Balaban J connectivity index is 0.947. The third kappa shape index (κ3) is 7.98. The van der Waals surface area contributed by atoms with E-state index in [1.165, 1.54) is 13.8 Å². The smallest absolute Gasteiger partial charge is 0.308 e. The van der Waals surface area contributed by atoms with Crippen LogP contribution in [0.4, 0.5) is 0 Å². The van der Waals surface area contributed by atoms with E-state index in [1.54, 1.807) is 12.1 Å². The van der Waals surface area contributed by atoms with Crippen LogP contribution in [0.3, 0.4) is 0 Å². The maximum atomic E-state index is 12.9. The summed E-state index contributed by atoms with van der Waals surface area (Å²) in [4.78, 5) is 48.5. The summed E-state index contributed by atoms with van der Waals surface area (Å²) < 4.78 is 23.9. The van der Waals surface area contributed by atoms with Crippen molar-refractivity contribution in [3.63, 3.8) is 0 Å². The summed E-state index contributed by atoms with van der Waals surface area (Å²) in [6.45, 7) is 4.29. The molecule has 0 radical (unpaired) electrons. The number of halogens is 2. The molecule has 0 saturated carbocycles. The molecule has 2 aromatic carbocycles. The molecule has 0 spiro atoms. The molecule has 50 heavy (non-hydrogen) atoms. The average molecular weight is 732 g/mol. The van der Waals surface area contributed by atoms with Gasteiger partial charge < -0.3 is 27.9 Å². The molecule has 0 amide bonds. The lowest BCUT2D eigenvalue weighted by Crippen LogP contribution is -2.58. The Morgan fingerprint density at radius 1 is 0.620 bits per heavy atom. The topological polar surface area (TPSA) is 105 Å². The minimum atomic E-state index is -0.407. The van der Waals surface area contributed by atoms with Gasteiger partial charge in [0.15, 0.2) is 0 Å². The van der Waals surface area contributed by atoms with Crippen molar-refractivity contribution < 1.29 is 47.1 Å². The Labute approximate surface area is 304 Å². The van der Waals surface area contributed by atoms with Crippen LogP contribution in [0.25, 0.3) is 0 Å². The normalized spacial score (nSPS) is 31.2. The molecule has 270 valence electrons. The summed E-state index contributed by atoms with van der Waals surface area (Å²) in [6.07, 6.45) is 7.12. The number of benzene rings is 2. The van der Waals surface area contributed by atoms with E-state index in [0.29, 0.717) is 45.7 Å². The molecule has 0 aromatic heterocycles. The van der Waals surface area contributed by atoms with Gasteiger partial charge in [0.1, 0.15) is 36.8 Å². The van der Waals surface area contributed by atoms with Gasteiger partial charge in [0, 0.05) is 76.3 Å². The number of hydrogen-bond donors (Lipinski definition) is 0. The molecule has 4 aliphatic rings. The van der Waals surface area contributed by atoms with E-state index in [0.717, 1.165) is 84.5 Å². The Morgan fingerprint density at radius 3 is 1.26 bits per heavy atom. The van der Waals surface area contributed by atoms with Crippen LogP contribution in [0, 0.1) is 0 Å². The summed E-state index contributed by atoms with van der Waals surface area (Å²) in [6, 6.07) is 12.6. The molecule has 0 N–H and O–H groups in total. The highest BCUT2D eigenvalue weighted by molar-refractivity contribution is 6.32. The number of nitrogens with zero attached hydrogens (tertiary/aromatic N) is 2. The highest BCUT2D eigenvalue weighted by Crippen LogP contribution is 2.45. The Bertz CT molecular complexity index is 1500. The number of ether oxygens (including phenoxy) is 4. The molecular weight excluding hydrogens is 683 g/mol. The molecule has 8 atom stereocenters. The third-order valence-corrected chi connectivity index (χ3v) is 12.4. The van der Waals surface area contributed by atoms with Crippen molar-refractivity contribution in [3.05, 3.63) is 57.6 Å². The number of quaternary nitrogens is 2. The molecule has 12 heteroatoms. The Kier molecular flexibility index (Phi) is 10.8. The fourth-order valence-corrected chi connectivity index (χ4v) is 9.82. The first-order chi connectivity index (χ1) is 23.7. The fraction of sp³-hybridized carbons (Fsp3) is 0.579. The largest absolute Gasteiger partial charge is 0.462 e. The molecule has 4 bridgehead atoms. The van der Waals surface area contributed by atoms with E-state index in [2.05, 4.69) is 14.1 Å².